The Labute approximate surface area is 228 Å². The number of aromatic nitrogens is 2. The normalized spacial score (nSPS) is 19.7. The molecule has 2 aromatic carbocycles. The number of piperazine rings is 1. The molecule has 3 aliphatic heterocycles. The van der Waals surface area contributed by atoms with Crippen molar-refractivity contribution in [2.45, 2.75) is 38.6 Å². The number of nitrogens with one attached hydrogen (secondary N) is 1. The van der Waals surface area contributed by atoms with E-state index in [0.29, 0.717) is 43.0 Å². The van der Waals surface area contributed by atoms with Crippen LogP contribution in [0.5, 0.6) is 5.75 Å². The van der Waals surface area contributed by atoms with Gasteiger partial charge in [-0.2, -0.15) is 0 Å². The lowest BCUT2D eigenvalue weighted by molar-refractivity contribution is -0.126. The number of hydrogen-bond acceptors (Lipinski definition) is 7. The van der Waals surface area contributed by atoms with E-state index in [-0.39, 0.29) is 11.8 Å². The highest BCUT2D eigenvalue weighted by Crippen LogP contribution is 2.34. The summed E-state index contributed by atoms with van der Waals surface area (Å²) in [6.07, 6.45) is 4.83. The molecule has 0 spiro atoms. The fraction of sp³-hybridized carbons (Fsp3) is 0.333. The summed E-state index contributed by atoms with van der Waals surface area (Å²) in [5.41, 5.74) is 4.48. The van der Waals surface area contributed by atoms with Gasteiger partial charge in [0.1, 0.15) is 18.4 Å². The highest BCUT2D eigenvalue weighted by Gasteiger charge is 2.39. The van der Waals surface area contributed by atoms with Gasteiger partial charge in [0.05, 0.1) is 6.54 Å². The molecule has 1 aromatic heterocycles. The van der Waals surface area contributed by atoms with Crippen LogP contribution in [0, 0.1) is 0 Å². The number of allylic oxidation sites excluding steroid dienone is 1. The van der Waals surface area contributed by atoms with Crippen molar-refractivity contribution in [3.63, 3.8) is 0 Å². The highest BCUT2D eigenvalue weighted by molar-refractivity contribution is 6.02. The quantitative estimate of drug-likeness (QED) is 0.508. The third kappa shape index (κ3) is 5.35. The van der Waals surface area contributed by atoms with Gasteiger partial charge in [-0.15, -0.1) is 0 Å². The maximum atomic E-state index is 13.1. The molecule has 0 aliphatic carbocycles. The van der Waals surface area contributed by atoms with Crippen LogP contribution < -0.4 is 15.0 Å². The molecule has 0 radical (unpaired) electrons. The number of benzene rings is 2. The Morgan fingerprint density at radius 1 is 0.949 bits per heavy atom. The molecule has 2 amide bonds. The smallest absolute Gasteiger partial charge is 0.255 e. The van der Waals surface area contributed by atoms with Crippen molar-refractivity contribution in [1.29, 1.82) is 0 Å². The van der Waals surface area contributed by atoms with Crippen molar-refractivity contribution in [3.8, 4) is 5.75 Å². The van der Waals surface area contributed by atoms with E-state index in [0.717, 1.165) is 49.8 Å². The molecule has 2 fully saturated rings. The molecule has 1 unspecified atom stereocenters. The van der Waals surface area contributed by atoms with Crippen LogP contribution in [0.3, 0.4) is 0 Å². The lowest BCUT2D eigenvalue weighted by atomic mass is 10.0. The van der Waals surface area contributed by atoms with Gasteiger partial charge in [-0.05, 0) is 42.2 Å². The number of anilines is 1. The number of carbonyl (C=O) groups is 2. The molecule has 39 heavy (non-hydrogen) atoms. The Morgan fingerprint density at radius 3 is 2.44 bits per heavy atom. The molecule has 9 nitrogen and oxygen atoms in total. The van der Waals surface area contributed by atoms with Gasteiger partial charge in [-0.25, -0.2) is 9.97 Å². The zero-order chi connectivity index (χ0) is 26.8. The molecule has 3 aliphatic rings. The molecule has 0 saturated carbocycles. The van der Waals surface area contributed by atoms with Crippen LogP contribution >= 0.6 is 0 Å². The first-order chi connectivity index (χ1) is 19.0. The summed E-state index contributed by atoms with van der Waals surface area (Å²) in [7, 11) is 0. The number of amides is 2. The van der Waals surface area contributed by atoms with Crippen molar-refractivity contribution in [2.75, 3.05) is 31.1 Å². The predicted octanol–water partition coefficient (Wildman–Crippen LogP) is 3.13. The molecule has 4 heterocycles. The van der Waals surface area contributed by atoms with Gasteiger partial charge in [-0.1, -0.05) is 36.9 Å². The first kappa shape index (κ1) is 25.1. The summed E-state index contributed by atoms with van der Waals surface area (Å²) in [6.45, 7) is 9.28. The first-order valence-electron chi connectivity index (χ1n) is 13.4. The summed E-state index contributed by atoms with van der Waals surface area (Å²) in [5, 5.41) is 2.78. The maximum Gasteiger partial charge on any atom is 0.255 e. The minimum absolute atomic E-state index is 0.121. The van der Waals surface area contributed by atoms with E-state index in [1.165, 1.54) is 5.56 Å². The Balaban J connectivity index is 1.03. The second kappa shape index (κ2) is 10.9. The number of carbonyl (C=O) groups excluding carboxylic acids is 2. The first-order valence-corrected chi connectivity index (χ1v) is 13.4. The summed E-state index contributed by atoms with van der Waals surface area (Å²) in [5.74, 6) is 1.20. The largest absolute Gasteiger partial charge is 0.489 e. The van der Waals surface area contributed by atoms with Gasteiger partial charge in [0, 0.05) is 61.9 Å². The van der Waals surface area contributed by atoms with Crippen molar-refractivity contribution in [1.82, 2.24) is 25.1 Å². The van der Waals surface area contributed by atoms with Gasteiger partial charge in [0.25, 0.3) is 5.91 Å². The summed E-state index contributed by atoms with van der Waals surface area (Å²) < 4.78 is 6.19. The number of piperidine rings is 1. The van der Waals surface area contributed by atoms with Gasteiger partial charge in [-0.3, -0.25) is 14.5 Å². The van der Waals surface area contributed by atoms with Crippen LogP contribution in [0.15, 0.2) is 73.2 Å². The number of ether oxygens (including phenoxy) is 1. The second-order valence-electron chi connectivity index (χ2n) is 10.3. The van der Waals surface area contributed by atoms with Crippen LogP contribution in [0.1, 0.15) is 39.9 Å². The monoisotopic (exact) mass is 524 g/mol. The highest BCUT2D eigenvalue weighted by atomic mass is 16.5. The minimum Gasteiger partial charge on any atom is -0.489 e. The van der Waals surface area contributed by atoms with E-state index in [9.17, 15) is 9.59 Å². The van der Waals surface area contributed by atoms with Crippen molar-refractivity contribution >= 4 is 17.8 Å². The second-order valence-corrected chi connectivity index (χ2v) is 10.3. The molecular weight excluding hydrogens is 492 g/mol. The third-order valence-corrected chi connectivity index (χ3v) is 7.68. The van der Waals surface area contributed by atoms with Gasteiger partial charge in [0.2, 0.25) is 11.9 Å². The van der Waals surface area contributed by atoms with Crippen LogP contribution in [-0.4, -0.2) is 63.8 Å². The molecule has 6 rings (SSSR count). The number of nitrogens with zero attached hydrogens (tertiary/aromatic N) is 5. The number of rotatable bonds is 7. The Morgan fingerprint density at radius 2 is 1.69 bits per heavy atom. The molecule has 0 bridgehead atoms. The van der Waals surface area contributed by atoms with Crippen LogP contribution in [0.2, 0.25) is 0 Å². The molecule has 2 saturated heterocycles. The molecule has 9 heteroatoms. The SMILES string of the molecule is C=C1CCC(N2Cc3c(OCc4ccc(CN5CCN(c6ncccn6)CC5)cc4)cccc3C2=O)C(=O)N1. The maximum absolute atomic E-state index is 13.1. The predicted molar refractivity (Wildman–Crippen MR) is 147 cm³/mol. The molecular formula is C30H32N6O3. The molecule has 1 atom stereocenters. The Hall–Kier alpha value is -4.24. The van der Waals surface area contributed by atoms with Gasteiger partial charge < -0.3 is 19.9 Å². The minimum atomic E-state index is -0.481. The lowest BCUT2D eigenvalue weighted by Crippen LogP contribution is -2.49. The Bertz CT molecular complexity index is 1370. The van der Waals surface area contributed by atoms with Crippen molar-refractivity contribution < 1.29 is 14.3 Å². The third-order valence-electron chi connectivity index (χ3n) is 7.68. The van der Waals surface area contributed by atoms with Crippen LogP contribution in [-0.2, 0) is 24.5 Å². The van der Waals surface area contributed by atoms with Crippen LogP contribution in [0.4, 0.5) is 5.95 Å². The van der Waals surface area contributed by atoms with E-state index in [1.807, 2.05) is 24.3 Å². The van der Waals surface area contributed by atoms with Gasteiger partial charge >= 0.3 is 0 Å². The van der Waals surface area contributed by atoms with Crippen LogP contribution in [0.25, 0.3) is 0 Å². The number of fused-ring (bicyclic) bond motifs is 1. The van der Waals surface area contributed by atoms with Crippen molar-refractivity contribution in [2.24, 2.45) is 0 Å². The van der Waals surface area contributed by atoms with E-state index in [1.54, 1.807) is 17.3 Å². The molecule has 200 valence electrons. The summed E-state index contributed by atoms with van der Waals surface area (Å²) in [6, 6.07) is 15.4. The number of hydrogen-bond donors (Lipinski definition) is 1. The van der Waals surface area contributed by atoms with E-state index >= 15 is 0 Å². The standard InChI is InChI=1S/C30H32N6O3/c1-21-6-11-26(28(37)33-21)36-19-25-24(29(36)38)4-2-5-27(25)39-20-23-9-7-22(8-10-23)18-34-14-16-35(17-15-34)30-31-12-3-13-32-30/h2-5,7-10,12-13,26H,1,6,11,14-20H2,(H,33,37). The Kier molecular flexibility index (Phi) is 6.98. The van der Waals surface area contributed by atoms with E-state index in [2.05, 4.69) is 55.9 Å². The zero-order valence-electron chi connectivity index (χ0n) is 21.9. The zero-order valence-corrected chi connectivity index (χ0v) is 21.9. The molecule has 3 aromatic rings. The van der Waals surface area contributed by atoms with Crippen molar-refractivity contribution in [3.05, 3.63) is 95.5 Å². The van der Waals surface area contributed by atoms with E-state index < -0.39 is 6.04 Å². The molecule has 1 N–H and O–H groups in total. The summed E-state index contributed by atoms with van der Waals surface area (Å²) >= 11 is 0. The van der Waals surface area contributed by atoms with E-state index in [4.69, 9.17) is 4.74 Å². The fourth-order valence-electron chi connectivity index (χ4n) is 5.49. The van der Waals surface area contributed by atoms with Gasteiger partial charge in [0.15, 0.2) is 0 Å². The fourth-order valence-corrected chi connectivity index (χ4v) is 5.49. The lowest BCUT2D eigenvalue weighted by Gasteiger charge is -2.34. The average molecular weight is 525 g/mol. The summed E-state index contributed by atoms with van der Waals surface area (Å²) in [4.78, 5) is 40.6. The topological polar surface area (TPSA) is 90.9 Å². The average Bonchev–Trinajstić information content (AvgIpc) is 3.30.